The fraction of sp³-hybridized carbons (Fsp3) is 0.357. The lowest BCUT2D eigenvalue weighted by atomic mass is 10.0. The molecule has 0 spiro atoms. The van der Waals surface area contributed by atoms with E-state index >= 15 is 0 Å². The monoisotopic (exact) mass is 235 g/mol. The molecule has 0 amide bonds. The Morgan fingerprint density at radius 2 is 2.25 bits per heavy atom. The summed E-state index contributed by atoms with van der Waals surface area (Å²) in [5, 5.41) is 1.74. The van der Waals surface area contributed by atoms with Crippen molar-refractivity contribution in [2.24, 2.45) is 0 Å². The summed E-state index contributed by atoms with van der Waals surface area (Å²) in [6.45, 7) is 6.32. The van der Waals surface area contributed by atoms with Crippen molar-refractivity contribution in [3.05, 3.63) is 42.0 Å². The first kappa shape index (κ1) is 11.5. The zero-order valence-electron chi connectivity index (χ0n) is 9.50. The molecule has 1 atom stereocenters. The molecule has 85 valence electrons. The molecule has 1 heterocycles. The standard InChI is InChI=1S/C14H16ClO/c1-3-4-6-10(2)14-9-11-12(15)7-5-8-13(11)16-14/h5,7-10H,2-4,6H2,1H3. The highest BCUT2D eigenvalue weighted by atomic mass is 35.5. The maximum atomic E-state index is 6.10. The van der Waals surface area contributed by atoms with Crippen LogP contribution in [0.1, 0.15) is 37.9 Å². The molecule has 1 radical (unpaired) electrons. The van der Waals surface area contributed by atoms with Crippen molar-refractivity contribution in [2.75, 3.05) is 0 Å². The van der Waals surface area contributed by atoms with Crippen LogP contribution in [0.2, 0.25) is 5.02 Å². The zero-order chi connectivity index (χ0) is 11.5. The molecule has 0 fully saturated rings. The van der Waals surface area contributed by atoms with Crippen molar-refractivity contribution in [3.63, 3.8) is 0 Å². The lowest BCUT2D eigenvalue weighted by molar-refractivity contribution is 0.500. The highest BCUT2D eigenvalue weighted by molar-refractivity contribution is 6.35. The third-order valence-electron chi connectivity index (χ3n) is 2.84. The molecule has 0 saturated carbocycles. The first-order valence-electron chi connectivity index (χ1n) is 5.73. The van der Waals surface area contributed by atoms with Crippen molar-refractivity contribution in [1.82, 2.24) is 0 Å². The molecular formula is C14H16ClO. The van der Waals surface area contributed by atoms with E-state index in [0.717, 1.165) is 28.2 Å². The Bertz CT molecular complexity index is 473. The number of unbranched alkanes of at least 4 members (excludes halogenated alkanes) is 1. The second-order valence-electron chi connectivity index (χ2n) is 4.14. The molecule has 0 bridgehead atoms. The highest BCUT2D eigenvalue weighted by Crippen LogP contribution is 2.31. The minimum atomic E-state index is 0.225. The predicted molar refractivity (Wildman–Crippen MR) is 68.8 cm³/mol. The third-order valence-corrected chi connectivity index (χ3v) is 3.17. The fourth-order valence-corrected chi connectivity index (χ4v) is 2.06. The van der Waals surface area contributed by atoms with Crippen molar-refractivity contribution in [1.29, 1.82) is 0 Å². The molecule has 0 N–H and O–H groups in total. The van der Waals surface area contributed by atoms with Crippen LogP contribution >= 0.6 is 11.6 Å². The van der Waals surface area contributed by atoms with Gasteiger partial charge in [0.05, 0.1) is 5.02 Å². The summed E-state index contributed by atoms with van der Waals surface area (Å²) in [5.41, 5.74) is 0.854. The van der Waals surface area contributed by atoms with Gasteiger partial charge >= 0.3 is 0 Å². The molecule has 0 aliphatic carbocycles. The minimum Gasteiger partial charge on any atom is -0.461 e. The van der Waals surface area contributed by atoms with Gasteiger partial charge in [0.25, 0.3) is 0 Å². The summed E-state index contributed by atoms with van der Waals surface area (Å²) < 4.78 is 5.76. The Morgan fingerprint density at radius 3 is 2.94 bits per heavy atom. The quantitative estimate of drug-likeness (QED) is 0.711. The van der Waals surface area contributed by atoms with E-state index in [0.29, 0.717) is 0 Å². The molecule has 0 aliphatic heterocycles. The average Bonchev–Trinajstić information content (AvgIpc) is 2.71. The van der Waals surface area contributed by atoms with Gasteiger partial charge in [0, 0.05) is 11.3 Å². The van der Waals surface area contributed by atoms with E-state index in [1.54, 1.807) is 0 Å². The summed E-state index contributed by atoms with van der Waals surface area (Å²) in [5.74, 6) is 1.17. The van der Waals surface area contributed by atoms with Gasteiger partial charge < -0.3 is 4.42 Å². The van der Waals surface area contributed by atoms with Gasteiger partial charge in [-0.05, 0) is 31.5 Å². The van der Waals surface area contributed by atoms with Crippen LogP contribution in [0.25, 0.3) is 11.0 Å². The summed E-state index contributed by atoms with van der Waals surface area (Å²) in [6, 6.07) is 7.75. The number of benzene rings is 1. The highest BCUT2D eigenvalue weighted by Gasteiger charge is 2.12. The number of furan rings is 1. The van der Waals surface area contributed by atoms with Gasteiger partial charge in [-0.15, -0.1) is 0 Å². The lowest BCUT2D eigenvalue weighted by Crippen LogP contribution is -1.90. The second kappa shape index (κ2) is 4.92. The van der Waals surface area contributed by atoms with Gasteiger partial charge in [0.1, 0.15) is 11.3 Å². The van der Waals surface area contributed by atoms with Gasteiger partial charge in [-0.2, -0.15) is 0 Å². The molecule has 0 aliphatic rings. The van der Waals surface area contributed by atoms with Crippen molar-refractivity contribution < 1.29 is 4.42 Å². The molecule has 1 unspecified atom stereocenters. The van der Waals surface area contributed by atoms with Crippen LogP contribution < -0.4 is 0 Å². The van der Waals surface area contributed by atoms with E-state index in [1.807, 2.05) is 24.3 Å². The number of fused-ring (bicyclic) bond motifs is 1. The van der Waals surface area contributed by atoms with E-state index in [1.165, 1.54) is 12.8 Å². The second-order valence-corrected chi connectivity index (χ2v) is 4.55. The first-order valence-corrected chi connectivity index (χ1v) is 6.11. The maximum absolute atomic E-state index is 6.10. The topological polar surface area (TPSA) is 13.1 Å². The molecule has 1 aromatic carbocycles. The molecule has 0 saturated heterocycles. The number of halogens is 1. The van der Waals surface area contributed by atoms with Gasteiger partial charge in [-0.1, -0.05) is 37.4 Å². The molecule has 2 aromatic rings. The maximum Gasteiger partial charge on any atom is 0.135 e. The largest absolute Gasteiger partial charge is 0.461 e. The third kappa shape index (κ3) is 2.25. The smallest absolute Gasteiger partial charge is 0.135 e. The van der Waals surface area contributed by atoms with Crippen LogP contribution in [0.15, 0.2) is 28.7 Å². The Morgan fingerprint density at radius 1 is 1.44 bits per heavy atom. The normalized spacial score (nSPS) is 13.2. The molecule has 2 heteroatoms. The SMILES string of the molecule is [CH2]C(CCCC)c1cc2c(Cl)cccc2o1. The molecule has 1 nitrogen and oxygen atoms in total. The number of hydrogen-bond donors (Lipinski definition) is 0. The predicted octanol–water partition coefficient (Wildman–Crippen LogP) is 5.19. The molecule has 2 rings (SSSR count). The van der Waals surface area contributed by atoms with Crippen LogP contribution in [0.4, 0.5) is 0 Å². The van der Waals surface area contributed by atoms with Crippen molar-refractivity contribution in [2.45, 2.75) is 32.1 Å². The van der Waals surface area contributed by atoms with Gasteiger partial charge in [0.15, 0.2) is 0 Å². The molecule has 1 aromatic heterocycles. The summed E-state index contributed by atoms with van der Waals surface area (Å²) in [4.78, 5) is 0. The van der Waals surface area contributed by atoms with Crippen LogP contribution in [0.5, 0.6) is 0 Å². The van der Waals surface area contributed by atoms with E-state index in [2.05, 4.69) is 13.8 Å². The van der Waals surface area contributed by atoms with E-state index < -0.39 is 0 Å². The van der Waals surface area contributed by atoms with E-state index in [9.17, 15) is 0 Å². The lowest BCUT2D eigenvalue weighted by Gasteiger charge is -2.05. The van der Waals surface area contributed by atoms with Crippen LogP contribution in [-0.2, 0) is 0 Å². The average molecular weight is 236 g/mol. The summed E-state index contributed by atoms with van der Waals surface area (Å²) in [6.07, 6.45) is 3.43. The van der Waals surface area contributed by atoms with Crippen molar-refractivity contribution >= 4 is 22.6 Å². The van der Waals surface area contributed by atoms with Crippen LogP contribution in [0.3, 0.4) is 0 Å². The van der Waals surface area contributed by atoms with Gasteiger partial charge in [-0.3, -0.25) is 0 Å². The minimum absolute atomic E-state index is 0.225. The first-order chi connectivity index (χ1) is 7.72. The number of hydrogen-bond acceptors (Lipinski definition) is 1. The zero-order valence-corrected chi connectivity index (χ0v) is 10.3. The Kier molecular flexibility index (Phi) is 3.55. The van der Waals surface area contributed by atoms with E-state index in [4.69, 9.17) is 16.0 Å². The van der Waals surface area contributed by atoms with Crippen LogP contribution in [-0.4, -0.2) is 0 Å². The summed E-state index contributed by atoms with van der Waals surface area (Å²) >= 11 is 6.10. The molecule has 16 heavy (non-hydrogen) atoms. The van der Waals surface area contributed by atoms with E-state index in [-0.39, 0.29) is 5.92 Å². The Hall–Kier alpha value is -0.950. The van der Waals surface area contributed by atoms with Crippen LogP contribution in [0, 0.1) is 6.92 Å². The Balaban J connectivity index is 2.29. The fourth-order valence-electron chi connectivity index (χ4n) is 1.84. The van der Waals surface area contributed by atoms with Gasteiger partial charge in [0.2, 0.25) is 0 Å². The molecular weight excluding hydrogens is 220 g/mol. The summed E-state index contributed by atoms with van der Waals surface area (Å²) in [7, 11) is 0. The number of rotatable bonds is 4. The Labute approximate surface area is 101 Å². The van der Waals surface area contributed by atoms with Crippen molar-refractivity contribution in [3.8, 4) is 0 Å². The van der Waals surface area contributed by atoms with Gasteiger partial charge in [-0.25, -0.2) is 0 Å².